The topological polar surface area (TPSA) is 83.1 Å². The van der Waals surface area contributed by atoms with E-state index >= 15 is 0 Å². The maximum absolute atomic E-state index is 12.3. The number of rotatable bonds is 15. The molecule has 0 saturated carbocycles. The number of hydrogen-bond donors (Lipinski definition) is 0. The minimum absolute atomic E-state index is 0.226. The molecular formula is C29H38N3O6+. The number of nitrogens with zero attached hydrogens (tertiary/aromatic N) is 3. The summed E-state index contributed by atoms with van der Waals surface area (Å²) in [7, 11) is 0. The van der Waals surface area contributed by atoms with Crippen molar-refractivity contribution in [2.45, 2.75) is 39.8 Å². The van der Waals surface area contributed by atoms with Crippen LogP contribution in [0.25, 0.3) is 11.0 Å². The van der Waals surface area contributed by atoms with E-state index in [0.29, 0.717) is 62.9 Å². The molecule has 1 aliphatic rings. The molecule has 9 heteroatoms. The fourth-order valence-electron chi connectivity index (χ4n) is 4.46. The molecule has 38 heavy (non-hydrogen) atoms. The lowest BCUT2D eigenvalue weighted by atomic mass is 10.1. The Morgan fingerprint density at radius 2 is 1.34 bits per heavy atom. The second-order valence-corrected chi connectivity index (χ2v) is 9.76. The fraction of sp³-hybridized carbons (Fsp3) is 0.483. The molecule has 9 nitrogen and oxygen atoms in total. The molecule has 4 rings (SSSR count). The van der Waals surface area contributed by atoms with Crippen LogP contribution in [0.4, 0.5) is 0 Å². The standard InChI is InChI=1S/C29H38N3O6/c1-21(2)31-20-32(22(3)4)27-19-23(9-10-26(27)31)38-18-17-37-16-15-36-14-13-35-12-11-30-28(33)24-7-5-6-8-25(24)29(30)34/h5-10,19-22H,11-18H2,1-4H3/q+1. The molecule has 0 atom stereocenters. The van der Waals surface area contributed by atoms with Crippen molar-refractivity contribution in [1.29, 1.82) is 0 Å². The third kappa shape index (κ3) is 6.40. The van der Waals surface area contributed by atoms with E-state index in [2.05, 4.69) is 55.3 Å². The highest BCUT2D eigenvalue weighted by atomic mass is 16.6. The third-order valence-corrected chi connectivity index (χ3v) is 6.44. The van der Waals surface area contributed by atoms with E-state index in [1.165, 1.54) is 10.4 Å². The van der Waals surface area contributed by atoms with Crippen LogP contribution in [0, 0.1) is 0 Å². The smallest absolute Gasteiger partial charge is 0.261 e. The summed E-state index contributed by atoms with van der Waals surface area (Å²) in [6, 6.07) is 13.8. The largest absolute Gasteiger partial charge is 0.491 e. The minimum Gasteiger partial charge on any atom is -0.491 e. The highest BCUT2D eigenvalue weighted by Gasteiger charge is 2.34. The summed E-state index contributed by atoms with van der Waals surface area (Å²) in [6.07, 6.45) is 2.17. The predicted octanol–water partition coefficient (Wildman–Crippen LogP) is 3.82. The second kappa shape index (κ2) is 13.0. The van der Waals surface area contributed by atoms with Crippen molar-refractivity contribution in [2.24, 2.45) is 0 Å². The first-order valence-electron chi connectivity index (χ1n) is 13.3. The lowest BCUT2D eigenvalue weighted by Crippen LogP contribution is -2.34. The molecule has 2 amide bonds. The van der Waals surface area contributed by atoms with Gasteiger partial charge in [0.1, 0.15) is 12.4 Å². The molecule has 0 spiro atoms. The molecule has 0 radical (unpaired) electrons. The molecule has 2 aromatic carbocycles. The summed E-state index contributed by atoms with van der Waals surface area (Å²) in [4.78, 5) is 25.9. The Labute approximate surface area is 223 Å². The summed E-state index contributed by atoms with van der Waals surface area (Å²) >= 11 is 0. The molecule has 204 valence electrons. The number of carbonyl (C=O) groups is 2. The van der Waals surface area contributed by atoms with Gasteiger partial charge < -0.3 is 18.9 Å². The van der Waals surface area contributed by atoms with Gasteiger partial charge in [0.15, 0.2) is 11.0 Å². The van der Waals surface area contributed by atoms with Crippen LogP contribution >= 0.6 is 0 Å². The van der Waals surface area contributed by atoms with E-state index in [-0.39, 0.29) is 25.0 Å². The summed E-state index contributed by atoms with van der Waals surface area (Å²) in [5, 5.41) is 0. The van der Waals surface area contributed by atoms with Crippen LogP contribution in [0.1, 0.15) is 60.5 Å². The zero-order chi connectivity index (χ0) is 27.1. The molecule has 0 bridgehead atoms. The average Bonchev–Trinajstić information content (AvgIpc) is 3.40. The van der Waals surface area contributed by atoms with E-state index in [0.717, 1.165) is 11.3 Å². The number of carbonyl (C=O) groups excluding carboxylic acids is 2. The first-order valence-corrected chi connectivity index (χ1v) is 13.3. The minimum atomic E-state index is -0.267. The molecule has 0 unspecified atom stereocenters. The third-order valence-electron chi connectivity index (χ3n) is 6.44. The van der Waals surface area contributed by atoms with Crippen LogP contribution in [0.5, 0.6) is 5.75 Å². The van der Waals surface area contributed by atoms with Crippen LogP contribution in [-0.4, -0.2) is 74.1 Å². The number of amides is 2. The lowest BCUT2D eigenvalue weighted by molar-refractivity contribution is -0.692. The van der Waals surface area contributed by atoms with Gasteiger partial charge in [-0.2, -0.15) is 0 Å². The quantitative estimate of drug-likeness (QED) is 0.171. The highest BCUT2D eigenvalue weighted by Crippen LogP contribution is 2.23. The number of ether oxygens (including phenoxy) is 4. The van der Waals surface area contributed by atoms with Crippen LogP contribution in [0.15, 0.2) is 48.8 Å². The van der Waals surface area contributed by atoms with Crippen molar-refractivity contribution >= 4 is 22.8 Å². The first kappa shape index (κ1) is 27.8. The van der Waals surface area contributed by atoms with Crippen LogP contribution in [0.2, 0.25) is 0 Å². The van der Waals surface area contributed by atoms with Gasteiger partial charge in [-0.1, -0.05) is 12.1 Å². The SMILES string of the molecule is CC(C)n1c[n+](C(C)C)c2ccc(OCCOCCOCCOCCN3C(=O)c4ccccc4C3=O)cc21. The van der Waals surface area contributed by atoms with Crippen LogP contribution < -0.4 is 9.30 Å². The summed E-state index contributed by atoms with van der Waals surface area (Å²) in [6.45, 7) is 11.8. The number of benzene rings is 2. The number of aromatic nitrogens is 2. The average molecular weight is 525 g/mol. The molecule has 0 aliphatic carbocycles. The molecule has 0 saturated heterocycles. The molecule has 0 N–H and O–H groups in total. The Morgan fingerprint density at radius 3 is 1.92 bits per heavy atom. The van der Waals surface area contributed by atoms with E-state index < -0.39 is 0 Å². The van der Waals surface area contributed by atoms with Crippen LogP contribution in [-0.2, 0) is 14.2 Å². The summed E-state index contributed by atoms with van der Waals surface area (Å²) < 4.78 is 27.1. The normalized spacial score (nSPS) is 13.4. The van der Waals surface area contributed by atoms with Crippen molar-refractivity contribution in [3.8, 4) is 5.75 Å². The maximum Gasteiger partial charge on any atom is 0.261 e. The Morgan fingerprint density at radius 1 is 0.763 bits per heavy atom. The van der Waals surface area contributed by atoms with Crippen molar-refractivity contribution < 1.29 is 33.1 Å². The fourth-order valence-corrected chi connectivity index (χ4v) is 4.46. The molecule has 3 aromatic rings. The van der Waals surface area contributed by atoms with Gasteiger partial charge in [-0.25, -0.2) is 9.13 Å². The highest BCUT2D eigenvalue weighted by molar-refractivity contribution is 6.21. The first-order chi connectivity index (χ1) is 18.4. The van der Waals surface area contributed by atoms with Gasteiger partial charge in [-0.3, -0.25) is 14.5 Å². The lowest BCUT2D eigenvalue weighted by Gasteiger charge is -2.13. The van der Waals surface area contributed by atoms with Crippen molar-refractivity contribution in [2.75, 3.05) is 52.8 Å². The number of imide groups is 1. The van der Waals surface area contributed by atoms with Gasteiger partial charge in [-0.15, -0.1) is 0 Å². The number of imidazole rings is 1. The van der Waals surface area contributed by atoms with Gasteiger partial charge in [0, 0.05) is 6.07 Å². The maximum atomic E-state index is 12.3. The molecule has 2 heterocycles. The van der Waals surface area contributed by atoms with Gasteiger partial charge in [-0.05, 0) is 52.0 Å². The van der Waals surface area contributed by atoms with Gasteiger partial charge >= 0.3 is 0 Å². The molecule has 0 fully saturated rings. The molecule has 1 aliphatic heterocycles. The molecule has 1 aromatic heterocycles. The van der Waals surface area contributed by atoms with Gasteiger partial charge in [0.2, 0.25) is 6.33 Å². The van der Waals surface area contributed by atoms with E-state index in [4.69, 9.17) is 18.9 Å². The van der Waals surface area contributed by atoms with E-state index in [1.54, 1.807) is 24.3 Å². The van der Waals surface area contributed by atoms with E-state index in [9.17, 15) is 9.59 Å². The summed E-state index contributed by atoms with van der Waals surface area (Å²) in [5.74, 6) is 0.291. The second-order valence-electron chi connectivity index (χ2n) is 9.76. The van der Waals surface area contributed by atoms with Crippen molar-refractivity contribution in [3.63, 3.8) is 0 Å². The van der Waals surface area contributed by atoms with Crippen LogP contribution in [0.3, 0.4) is 0 Å². The van der Waals surface area contributed by atoms with Gasteiger partial charge in [0.05, 0.1) is 69.4 Å². The Hall–Kier alpha value is -3.27. The Balaban J connectivity index is 1.05. The Bertz CT molecular complexity index is 1220. The summed E-state index contributed by atoms with van der Waals surface area (Å²) in [5.41, 5.74) is 3.26. The predicted molar refractivity (Wildman–Crippen MR) is 143 cm³/mol. The molecular weight excluding hydrogens is 486 g/mol. The monoisotopic (exact) mass is 524 g/mol. The Kier molecular flexibility index (Phi) is 9.49. The van der Waals surface area contributed by atoms with Crippen molar-refractivity contribution in [3.05, 3.63) is 59.9 Å². The number of hydrogen-bond acceptors (Lipinski definition) is 6. The zero-order valence-electron chi connectivity index (χ0n) is 22.7. The van der Waals surface area contributed by atoms with E-state index in [1.807, 2.05) is 6.07 Å². The zero-order valence-corrected chi connectivity index (χ0v) is 22.7. The number of fused-ring (bicyclic) bond motifs is 2. The van der Waals surface area contributed by atoms with Crippen molar-refractivity contribution in [1.82, 2.24) is 9.47 Å². The van der Waals surface area contributed by atoms with Gasteiger partial charge in [0.25, 0.3) is 11.8 Å².